The second kappa shape index (κ2) is 7.04. The molecule has 2 amide bonds. The van der Waals surface area contributed by atoms with Crippen LogP contribution in [0, 0.1) is 0 Å². The number of methoxy groups -OCH3 is 1. The Morgan fingerprint density at radius 3 is 2.62 bits per heavy atom. The third-order valence-corrected chi connectivity index (χ3v) is 2.73. The van der Waals surface area contributed by atoms with E-state index in [1.165, 1.54) is 13.3 Å². The van der Waals surface area contributed by atoms with Crippen molar-refractivity contribution in [2.24, 2.45) is 0 Å². The first kappa shape index (κ1) is 14.5. The molecule has 1 aromatic carbocycles. The van der Waals surface area contributed by atoms with Crippen molar-refractivity contribution in [2.45, 2.75) is 6.54 Å². The van der Waals surface area contributed by atoms with Crippen molar-refractivity contribution >= 4 is 17.7 Å². The molecule has 0 atom stereocenters. The van der Waals surface area contributed by atoms with Crippen LogP contribution in [0.1, 0.15) is 16.1 Å². The van der Waals surface area contributed by atoms with Crippen LogP contribution in [0.15, 0.2) is 48.7 Å². The van der Waals surface area contributed by atoms with Gasteiger partial charge in [-0.2, -0.15) is 0 Å². The summed E-state index contributed by atoms with van der Waals surface area (Å²) in [5.74, 6) is -0.603. The molecule has 2 N–H and O–H groups in total. The van der Waals surface area contributed by atoms with Gasteiger partial charge in [0, 0.05) is 12.7 Å². The van der Waals surface area contributed by atoms with Gasteiger partial charge in [0.1, 0.15) is 0 Å². The highest BCUT2D eigenvalue weighted by atomic mass is 16.5. The summed E-state index contributed by atoms with van der Waals surface area (Å²) in [6.07, 6.45) is 1.46. The fourth-order valence-electron chi connectivity index (χ4n) is 1.71. The molecular formula is C15H15N3O3. The lowest BCUT2D eigenvalue weighted by molar-refractivity contribution is 0.0595. The van der Waals surface area contributed by atoms with Gasteiger partial charge in [0.2, 0.25) is 0 Å². The van der Waals surface area contributed by atoms with Crippen molar-refractivity contribution < 1.29 is 14.3 Å². The van der Waals surface area contributed by atoms with Crippen LogP contribution < -0.4 is 10.6 Å². The minimum atomic E-state index is -0.603. The second-order valence-electron chi connectivity index (χ2n) is 4.18. The fraction of sp³-hybridized carbons (Fsp3) is 0.133. The van der Waals surface area contributed by atoms with E-state index in [4.69, 9.17) is 0 Å². The number of hydrogen-bond donors (Lipinski definition) is 2. The number of benzene rings is 1. The number of pyridine rings is 1. The molecule has 0 saturated heterocycles. The molecule has 0 bridgehead atoms. The molecule has 1 heterocycles. The van der Waals surface area contributed by atoms with Crippen molar-refractivity contribution in [1.29, 1.82) is 0 Å². The molecule has 6 heteroatoms. The molecule has 2 rings (SSSR count). The van der Waals surface area contributed by atoms with Gasteiger partial charge in [0.25, 0.3) is 0 Å². The molecule has 0 aliphatic carbocycles. The number of nitrogens with zero attached hydrogens (tertiary/aromatic N) is 1. The van der Waals surface area contributed by atoms with Crippen molar-refractivity contribution in [1.82, 2.24) is 10.3 Å². The van der Waals surface area contributed by atoms with Gasteiger partial charge in [-0.25, -0.2) is 14.6 Å². The average Bonchev–Trinajstić information content (AvgIpc) is 2.54. The first-order valence-corrected chi connectivity index (χ1v) is 6.33. The predicted molar refractivity (Wildman–Crippen MR) is 77.9 cm³/mol. The Labute approximate surface area is 122 Å². The van der Waals surface area contributed by atoms with E-state index in [0.717, 1.165) is 5.56 Å². The third kappa shape index (κ3) is 4.04. The fourth-order valence-corrected chi connectivity index (χ4v) is 1.71. The van der Waals surface area contributed by atoms with Crippen LogP contribution in [0.2, 0.25) is 0 Å². The van der Waals surface area contributed by atoms with E-state index < -0.39 is 12.0 Å². The smallest absolute Gasteiger partial charge is 0.358 e. The molecular weight excluding hydrogens is 270 g/mol. The second-order valence-corrected chi connectivity index (χ2v) is 4.18. The quantitative estimate of drug-likeness (QED) is 0.844. The van der Waals surface area contributed by atoms with Gasteiger partial charge < -0.3 is 15.4 Å². The molecule has 0 aliphatic heterocycles. The van der Waals surface area contributed by atoms with E-state index in [0.29, 0.717) is 12.2 Å². The van der Waals surface area contributed by atoms with Crippen LogP contribution >= 0.6 is 0 Å². The number of anilines is 1. The van der Waals surface area contributed by atoms with Crippen LogP contribution in [-0.4, -0.2) is 24.1 Å². The normalized spacial score (nSPS) is 9.76. The largest absolute Gasteiger partial charge is 0.464 e. The number of rotatable bonds is 4. The molecule has 0 unspecified atom stereocenters. The van der Waals surface area contributed by atoms with Crippen molar-refractivity contribution in [3.05, 3.63) is 59.9 Å². The maximum atomic E-state index is 11.8. The van der Waals surface area contributed by atoms with Gasteiger partial charge in [-0.15, -0.1) is 0 Å². The lowest BCUT2D eigenvalue weighted by atomic mass is 10.2. The Hall–Kier alpha value is -2.89. The van der Waals surface area contributed by atoms with Crippen LogP contribution in [0.5, 0.6) is 0 Å². The number of hydrogen-bond acceptors (Lipinski definition) is 4. The first-order chi connectivity index (χ1) is 10.2. The van der Waals surface area contributed by atoms with E-state index in [9.17, 15) is 9.59 Å². The zero-order valence-electron chi connectivity index (χ0n) is 11.5. The van der Waals surface area contributed by atoms with E-state index in [-0.39, 0.29) is 5.69 Å². The summed E-state index contributed by atoms with van der Waals surface area (Å²) in [5.41, 5.74) is 1.34. The Kier molecular flexibility index (Phi) is 4.87. The van der Waals surface area contributed by atoms with Crippen LogP contribution in [0.25, 0.3) is 0 Å². The number of aromatic nitrogens is 1. The summed E-state index contributed by atoms with van der Waals surface area (Å²) in [4.78, 5) is 27.3. The number of nitrogens with one attached hydrogen (secondary N) is 2. The van der Waals surface area contributed by atoms with Crippen molar-refractivity contribution in [2.75, 3.05) is 12.4 Å². The van der Waals surface area contributed by atoms with Gasteiger partial charge in [0.05, 0.1) is 12.8 Å². The summed E-state index contributed by atoms with van der Waals surface area (Å²) in [6, 6.07) is 12.3. The summed E-state index contributed by atoms with van der Waals surface area (Å²) in [5, 5.41) is 5.28. The van der Waals surface area contributed by atoms with Crippen molar-refractivity contribution in [3.8, 4) is 0 Å². The number of amides is 2. The van der Waals surface area contributed by atoms with Crippen LogP contribution in [0.4, 0.5) is 10.5 Å². The summed E-state index contributed by atoms with van der Waals surface area (Å²) in [6.45, 7) is 0.389. The van der Waals surface area contributed by atoms with Crippen molar-refractivity contribution in [3.63, 3.8) is 0 Å². The molecule has 0 aliphatic rings. The standard InChI is InChI=1S/C15H15N3O3/c1-21-14(19)13-12(8-5-9-16-13)18-15(20)17-10-11-6-3-2-4-7-11/h2-9H,10H2,1H3,(H2,17,18,20). The summed E-state index contributed by atoms with van der Waals surface area (Å²) >= 11 is 0. The highest BCUT2D eigenvalue weighted by Crippen LogP contribution is 2.12. The van der Waals surface area contributed by atoms with Gasteiger partial charge >= 0.3 is 12.0 Å². The minimum absolute atomic E-state index is 0.0647. The van der Waals surface area contributed by atoms with E-state index in [1.54, 1.807) is 12.1 Å². The van der Waals surface area contributed by atoms with E-state index >= 15 is 0 Å². The average molecular weight is 285 g/mol. The molecule has 6 nitrogen and oxygen atoms in total. The monoisotopic (exact) mass is 285 g/mol. The van der Waals surface area contributed by atoms with Crippen LogP contribution in [0.3, 0.4) is 0 Å². The molecule has 0 radical (unpaired) electrons. The lowest BCUT2D eigenvalue weighted by Gasteiger charge is -2.10. The van der Waals surface area contributed by atoms with Gasteiger partial charge in [-0.3, -0.25) is 0 Å². The molecule has 2 aromatic rings. The van der Waals surface area contributed by atoms with Crippen LogP contribution in [-0.2, 0) is 11.3 Å². The van der Waals surface area contributed by atoms with Gasteiger partial charge in [-0.05, 0) is 17.7 Å². The Morgan fingerprint density at radius 2 is 1.90 bits per heavy atom. The molecule has 0 saturated carbocycles. The van der Waals surface area contributed by atoms with Gasteiger partial charge in [-0.1, -0.05) is 30.3 Å². The number of carbonyl (C=O) groups is 2. The zero-order valence-corrected chi connectivity index (χ0v) is 11.5. The number of carbonyl (C=O) groups excluding carboxylic acids is 2. The Morgan fingerprint density at radius 1 is 1.14 bits per heavy atom. The molecule has 0 fully saturated rings. The summed E-state index contributed by atoms with van der Waals surface area (Å²) in [7, 11) is 1.26. The maximum Gasteiger partial charge on any atom is 0.358 e. The molecule has 1 aromatic heterocycles. The molecule has 108 valence electrons. The maximum absolute atomic E-state index is 11.8. The summed E-state index contributed by atoms with van der Waals surface area (Å²) < 4.78 is 4.61. The zero-order chi connectivity index (χ0) is 15.1. The first-order valence-electron chi connectivity index (χ1n) is 6.33. The molecule has 0 spiro atoms. The SMILES string of the molecule is COC(=O)c1ncccc1NC(=O)NCc1ccccc1. The Bertz CT molecular complexity index is 629. The van der Waals surface area contributed by atoms with E-state index in [2.05, 4.69) is 20.4 Å². The van der Waals surface area contributed by atoms with Gasteiger partial charge in [0.15, 0.2) is 5.69 Å². The number of esters is 1. The third-order valence-electron chi connectivity index (χ3n) is 2.73. The number of ether oxygens (including phenoxy) is 1. The highest BCUT2D eigenvalue weighted by Gasteiger charge is 2.14. The molecule has 21 heavy (non-hydrogen) atoms. The minimum Gasteiger partial charge on any atom is -0.464 e. The predicted octanol–water partition coefficient (Wildman–Crippen LogP) is 2.19. The highest BCUT2D eigenvalue weighted by molar-refractivity contribution is 5.99. The Balaban J connectivity index is 1.98. The lowest BCUT2D eigenvalue weighted by Crippen LogP contribution is -2.29. The topological polar surface area (TPSA) is 80.3 Å². The number of urea groups is 1. The van der Waals surface area contributed by atoms with E-state index in [1.807, 2.05) is 30.3 Å².